The van der Waals surface area contributed by atoms with Gasteiger partial charge in [0.1, 0.15) is 0 Å². The Balaban J connectivity index is 1.24. The van der Waals surface area contributed by atoms with Crippen LogP contribution in [0.15, 0.2) is 164 Å². The summed E-state index contributed by atoms with van der Waals surface area (Å²) >= 11 is 0. The van der Waals surface area contributed by atoms with Gasteiger partial charge >= 0.3 is 0 Å². The highest BCUT2D eigenvalue weighted by molar-refractivity contribution is 6.09. The number of rotatable bonds is 4. The second-order valence-corrected chi connectivity index (χ2v) is 11.6. The number of aromatic nitrogens is 3. The molecule has 0 radical (unpaired) electrons. The Bertz CT molecular complexity index is 2220. The first-order chi connectivity index (χ1) is 21.9. The van der Waals surface area contributed by atoms with Crippen molar-refractivity contribution in [2.75, 3.05) is 0 Å². The van der Waals surface area contributed by atoms with E-state index < -0.39 is 0 Å². The molecule has 2 atom stereocenters. The third kappa shape index (κ3) is 3.73. The van der Waals surface area contributed by atoms with E-state index in [1.165, 1.54) is 60.9 Å². The lowest BCUT2D eigenvalue weighted by atomic mass is 9.76. The third-order valence-electron chi connectivity index (χ3n) is 9.24. The zero-order valence-corrected chi connectivity index (χ0v) is 24.1. The van der Waals surface area contributed by atoms with Crippen molar-refractivity contribution >= 4 is 21.8 Å². The van der Waals surface area contributed by atoms with E-state index in [1.807, 2.05) is 6.20 Å². The number of benzene rings is 6. The molecule has 0 N–H and O–H groups in total. The predicted octanol–water partition coefficient (Wildman–Crippen LogP) is 10.0. The van der Waals surface area contributed by atoms with Gasteiger partial charge in [0.15, 0.2) is 0 Å². The molecule has 0 saturated heterocycles. The van der Waals surface area contributed by atoms with Crippen molar-refractivity contribution in [1.82, 2.24) is 14.3 Å². The van der Waals surface area contributed by atoms with Gasteiger partial charge in [-0.1, -0.05) is 133 Å². The monoisotopic (exact) mass is 563 g/mol. The van der Waals surface area contributed by atoms with Crippen LogP contribution in [-0.4, -0.2) is 14.3 Å². The molecule has 44 heavy (non-hydrogen) atoms. The Labute approximate surface area is 256 Å². The van der Waals surface area contributed by atoms with Gasteiger partial charge < -0.3 is 4.57 Å². The highest BCUT2D eigenvalue weighted by atomic mass is 15.3. The fraction of sp³-hybridized carbons (Fsp3) is 0.0488. The molecular formula is C41H29N3. The van der Waals surface area contributed by atoms with Crippen molar-refractivity contribution in [1.29, 1.82) is 0 Å². The molecule has 208 valence electrons. The van der Waals surface area contributed by atoms with Crippen molar-refractivity contribution in [3.8, 4) is 28.1 Å². The minimum atomic E-state index is 0.0117. The van der Waals surface area contributed by atoms with Crippen molar-refractivity contribution in [3.05, 3.63) is 181 Å². The number of hydrogen-bond donors (Lipinski definition) is 0. The quantitative estimate of drug-likeness (QED) is 0.209. The summed E-state index contributed by atoms with van der Waals surface area (Å²) in [6, 6.07) is 57.0. The minimum absolute atomic E-state index is 0.0117. The van der Waals surface area contributed by atoms with E-state index >= 15 is 0 Å². The summed E-state index contributed by atoms with van der Waals surface area (Å²) < 4.78 is 4.65. The molecule has 1 aliphatic rings. The van der Waals surface area contributed by atoms with Crippen LogP contribution in [0.5, 0.6) is 0 Å². The average Bonchev–Trinajstić information content (AvgIpc) is 3.69. The van der Waals surface area contributed by atoms with E-state index in [0.29, 0.717) is 0 Å². The van der Waals surface area contributed by atoms with E-state index in [1.54, 1.807) is 0 Å². The fourth-order valence-corrected chi connectivity index (χ4v) is 7.34. The molecule has 0 saturated carbocycles. The van der Waals surface area contributed by atoms with Crippen LogP contribution in [0, 0.1) is 0 Å². The molecule has 0 spiro atoms. The molecule has 9 rings (SSSR count). The summed E-state index contributed by atoms with van der Waals surface area (Å²) in [5.41, 5.74) is 12.2. The van der Waals surface area contributed by atoms with Gasteiger partial charge in [-0.15, -0.1) is 0 Å². The van der Waals surface area contributed by atoms with E-state index in [2.05, 4.69) is 167 Å². The van der Waals surface area contributed by atoms with Crippen LogP contribution < -0.4 is 0 Å². The first-order valence-electron chi connectivity index (χ1n) is 15.2. The van der Waals surface area contributed by atoms with Crippen LogP contribution in [0.25, 0.3) is 49.9 Å². The van der Waals surface area contributed by atoms with E-state index in [-0.39, 0.29) is 12.0 Å². The molecule has 3 heteroatoms. The van der Waals surface area contributed by atoms with Gasteiger partial charge in [0, 0.05) is 33.5 Å². The molecule has 3 heterocycles. The van der Waals surface area contributed by atoms with Crippen LogP contribution >= 0.6 is 0 Å². The Kier molecular flexibility index (Phi) is 5.63. The maximum Gasteiger partial charge on any atom is 0.0885 e. The number of fused-ring (bicyclic) bond motifs is 6. The van der Waals surface area contributed by atoms with Crippen LogP contribution in [0.3, 0.4) is 0 Å². The maximum absolute atomic E-state index is 5.10. The van der Waals surface area contributed by atoms with Gasteiger partial charge in [-0.25, -0.2) is 0 Å². The normalized spacial score (nSPS) is 15.7. The first kappa shape index (κ1) is 24.9. The summed E-state index contributed by atoms with van der Waals surface area (Å²) in [7, 11) is 0. The van der Waals surface area contributed by atoms with Gasteiger partial charge in [0.25, 0.3) is 0 Å². The second-order valence-electron chi connectivity index (χ2n) is 11.6. The van der Waals surface area contributed by atoms with Gasteiger partial charge in [-0.3, -0.25) is 4.68 Å². The van der Waals surface area contributed by atoms with Crippen molar-refractivity contribution in [2.45, 2.75) is 12.0 Å². The molecule has 0 fully saturated rings. The van der Waals surface area contributed by atoms with Gasteiger partial charge in [0.05, 0.1) is 29.0 Å². The summed E-state index contributed by atoms with van der Waals surface area (Å²) in [5, 5.41) is 7.66. The standard InChI is InChI=1S/C41H29N3/c1-3-13-28(14-4-1)36-27-42-44-40(30-15-5-2-6-16-30)39(34-19-7-8-20-35(34)41(36)44)29-23-25-31(26-24-29)43-37-21-11-9-17-32(37)33-18-10-12-22-38(33)43/h1-27,39-40H. The molecule has 3 nitrogen and oxygen atoms in total. The topological polar surface area (TPSA) is 22.8 Å². The molecule has 0 aliphatic carbocycles. The largest absolute Gasteiger partial charge is 0.309 e. The highest BCUT2D eigenvalue weighted by Gasteiger charge is 2.37. The van der Waals surface area contributed by atoms with Crippen molar-refractivity contribution in [2.24, 2.45) is 0 Å². The first-order valence-corrected chi connectivity index (χ1v) is 15.2. The lowest BCUT2D eigenvalue weighted by molar-refractivity contribution is 0.467. The van der Waals surface area contributed by atoms with Crippen molar-refractivity contribution in [3.63, 3.8) is 0 Å². The van der Waals surface area contributed by atoms with Crippen LogP contribution in [0.2, 0.25) is 0 Å². The molecule has 0 amide bonds. The summed E-state index contributed by atoms with van der Waals surface area (Å²) in [6.45, 7) is 0. The van der Waals surface area contributed by atoms with Crippen LogP contribution in [0.1, 0.15) is 28.7 Å². The van der Waals surface area contributed by atoms with E-state index in [4.69, 9.17) is 5.10 Å². The third-order valence-corrected chi connectivity index (χ3v) is 9.24. The molecular weight excluding hydrogens is 534 g/mol. The number of nitrogens with zero attached hydrogens (tertiary/aromatic N) is 3. The van der Waals surface area contributed by atoms with Gasteiger partial charge in [0.2, 0.25) is 0 Å². The Morgan fingerprint density at radius 1 is 0.477 bits per heavy atom. The highest BCUT2D eigenvalue weighted by Crippen LogP contribution is 2.51. The molecule has 2 unspecified atom stereocenters. The lowest BCUT2D eigenvalue weighted by Gasteiger charge is -2.36. The fourth-order valence-electron chi connectivity index (χ4n) is 7.34. The smallest absolute Gasteiger partial charge is 0.0885 e. The molecule has 1 aliphatic heterocycles. The van der Waals surface area contributed by atoms with E-state index in [0.717, 1.165) is 5.69 Å². The van der Waals surface area contributed by atoms with Gasteiger partial charge in [-0.05, 0) is 46.5 Å². The SMILES string of the molecule is c1ccc(-c2cnn3c2-c2ccccc2C(c2ccc(-n4c5ccccc5c5ccccc54)cc2)C3c2ccccc2)cc1. The van der Waals surface area contributed by atoms with Gasteiger partial charge in [-0.2, -0.15) is 5.10 Å². The second kappa shape index (κ2) is 9.96. The van der Waals surface area contributed by atoms with Crippen LogP contribution in [-0.2, 0) is 0 Å². The Morgan fingerprint density at radius 3 is 1.77 bits per heavy atom. The van der Waals surface area contributed by atoms with Crippen molar-refractivity contribution < 1.29 is 0 Å². The Hall–Kier alpha value is -5.67. The molecule has 0 bridgehead atoms. The Morgan fingerprint density at radius 2 is 1.07 bits per heavy atom. The number of hydrogen-bond acceptors (Lipinski definition) is 1. The number of para-hydroxylation sites is 2. The summed E-state index contributed by atoms with van der Waals surface area (Å²) in [5.74, 6) is 0.0943. The maximum atomic E-state index is 5.10. The zero-order chi connectivity index (χ0) is 29.0. The summed E-state index contributed by atoms with van der Waals surface area (Å²) in [4.78, 5) is 0. The molecule has 2 aromatic heterocycles. The zero-order valence-electron chi connectivity index (χ0n) is 24.1. The molecule has 6 aromatic carbocycles. The molecule has 8 aromatic rings. The minimum Gasteiger partial charge on any atom is -0.309 e. The summed E-state index contributed by atoms with van der Waals surface area (Å²) in [6.07, 6.45) is 2.05. The lowest BCUT2D eigenvalue weighted by Crippen LogP contribution is -2.26. The van der Waals surface area contributed by atoms with E-state index in [9.17, 15) is 0 Å². The van der Waals surface area contributed by atoms with Crippen LogP contribution in [0.4, 0.5) is 0 Å². The average molecular weight is 564 g/mol. The predicted molar refractivity (Wildman–Crippen MR) is 180 cm³/mol.